The maximum absolute atomic E-state index is 11.3. The standard InChI is InChI=1S/C18H16N6O.C2HF3O2/c1-9(25)22-11-4-2-3-10(7-11)13-8-14-15(12-5-6-21-16(12)13)17(19)24-18(20)23-14;3-2(4,5)1(6)7/h2-8,21H,1H3,(H,22,25)(H4,19,20,23,24);(H,6,7). The van der Waals surface area contributed by atoms with Crippen LogP contribution in [-0.4, -0.2) is 38.1 Å². The van der Waals surface area contributed by atoms with E-state index in [0.29, 0.717) is 11.3 Å². The van der Waals surface area contributed by atoms with Crippen molar-refractivity contribution in [2.24, 2.45) is 0 Å². The van der Waals surface area contributed by atoms with E-state index in [9.17, 15) is 18.0 Å². The number of halogens is 3. The zero-order valence-corrected chi connectivity index (χ0v) is 16.5. The fraction of sp³-hybridized carbons (Fsp3) is 0.100. The molecule has 166 valence electrons. The van der Waals surface area contributed by atoms with Gasteiger partial charge >= 0.3 is 12.1 Å². The van der Waals surface area contributed by atoms with Gasteiger partial charge in [0.05, 0.1) is 16.4 Å². The number of amides is 1. The first-order valence-corrected chi connectivity index (χ1v) is 8.98. The van der Waals surface area contributed by atoms with Gasteiger partial charge in [0.1, 0.15) is 5.82 Å². The van der Waals surface area contributed by atoms with E-state index in [4.69, 9.17) is 21.4 Å². The van der Waals surface area contributed by atoms with Gasteiger partial charge < -0.3 is 26.9 Å². The van der Waals surface area contributed by atoms with Gasteiger partial charge in [0.2, 0.25) is 11.9 Å². The topological polar surface area (TPSA) is 160 Å². The monoisotopic (exact) mass is 446 g/mol. The number of aliphatic carboxylic acids is 1. The lowest BCUT2D eigenvalue weighted by molar-refractivity contribution is -0.192. The first kappa shape index (κ1) is 22.3. The highest BCUT2D eigenvalue weighted by Crippen LogP contribution is 2.36. The molecule has 0 radical (unpaired) electrons. The van der Waals surface area contributed by atoms with E-state index in [1.54, 1.807) is 0 Å². The van der Waals surface area contributed by atoms with Crippen molar-refractivity contribution in [3.8, 4) is 11.1 Å². The molecule has 0 fully saturated rings. The number of fused-ring (bicyclic) bond motifs is 3. The molecule has 0 bridgehead atoms. The van der Waals surface area contributed by atoms with Crippen LogP contribution in [0.4, 0.5) is 30.6 Å². The molecule has 0 saturated carbocycles. The molecule has 7 N–H and O–H groups in total. The maximum Gasteiger partial charge on any atom is 0.490 e. The molecule has 2 aromatic heterocycles. The fourth-order valence-corrected chi connectivity index (χ4v) is 3.10. The fourth-order valence-electron chi connectivity index (χ4n) is 3.10. The Labute approximate surface area is 178 Å². The van der Waals surface area contributed by atoms with Crippen molar-refractivity contribution in [1.82, 2.24) is 15.0 Å². The minimum absolute atomic E-state index is 0.117. The van der Waals surface area contributed by atoms with Gasteiger partial charge in [-0.3, -0.25) is 4.79 Å². The predicted molar refractivity (Wildman–Crippen MR) is 114 cm³/mol. The molecule has 4 aromatic rings. The number of nitrogens with one attached hydrogen (secondary N) is 2. The normalized spacial score (nSPS) is 11.1. The molecular weight excluding hydrogens is 429 g/mol. The molecule has 2 aromatic carbocycles. The van der Waals surface area contributed by atoms with Crippen LogP contribution in [0.3, 0.4) is 0 Å². The van der Waals surface area contributed by atoms with E-state index in [0.717, 1.165) is 33.1 Å². The van der Waals surface area contributed by atoms with Crippen LogP contribution < -0.4 is 16.8 Å². The van der Waals surface area contributed by atoms with Gasteiger partial charge in [-0.15, -0.1) is 0 Å². The minimum atomic E-state index is -5.08. The van der Waals surface area contributed by atoms with Crippen LogP contribution in [0, 0.1) is 0 Å². The lowest BCUT2D eigenvalue weighted by atomic mass is 9.99. The van der Waals surface area contributed by atoms with E-state index in [-0.39, 0.29) is 11.9 Å². The number of carbonyl (C=O) groups excluding carboxylic acids is 1. The maximum atomic E-state index is 11.3. The van der Waals surface area contributed by atoms with Crippen LogP contribution in [0.1, 0.15) is 6.92 Å². The van der Waals surface area contributed by atoms with Crippen molar-refractivity contribution < 1.29 is 27.9 Å². The Morgan fingerprint density at radius 2 is 1.81 bits per heavy atom. The highest BCUT2D eigenvalue weighted by molar-refractivity contribution is 6.15. The Morgan fingerprint density at radius 1 is 1.12 bits per heavy atom. The highest BCUT2D eigenvalue weighted by Gasteiger charge is 2.38. The zero-order chi connectivity index (χ0) is 23.6. The summed E-state index contributed by atoms with van der Waals surface area (Å²) in [4.78, 5) is 31.9. The molecule has 0 spiro atoms. The van der Waals surface area contributed by atoms with Crippen molar-refractivity contribution >= 4 is 51.1 Å². The van der Waals surface area contributed by atoms with E-state index in [2.05, 4.69) is 20.3 Å². The number of hydrogen-bond acceptors (Lipinski definition) is 6. The van der Waals surface area contributed by atoms with E-state index < -0.39 is 12.1 Å². The molecule has 0 saturated heterocycles. The van der Waals surface area contributed by atoms with Gasteiger partial charge in [0, 0.05) is 29.8 Å². The second-order valence-corrected chi connectivity index (χ2v) is 6.62. The summed E-state index contributed by atoms with van der Waals surface area (Å²) < 4.78 is 31.7. The lowest BCUT2D eigenvalue weighted by Crippen LogP contribution is -2.21. The number of aromatic amines is 1. The number of rotatable bonds is 2. The second kappa shape index (κ2) is 8.41. The second-order valence-electron chi connectivity index (χ2n) is 6.62. The van der Waals surface area contributed by atoms with Crippen molar-refractivity contribution in [2.45, 2.75) is 13.1 Å². The van der Waals surface area contributed by atoms with Crippen LogP contribution in [0.2, 0.25) is 0 Å². The molecule has 0 aliphatic carbocycles. The van der Waals surface area contributed by atoms with Gasteiger partial charge in [-0.05, 0) is 29.8 Å². The van der Waals surface area contributed by atoms with Crippen molar-refractivity contribution in [3.63, 3.8) is 0 Å². The Hall–Kier alpha value is -4.35. The molecule has 4 rings (SSSR count). The van der Waals surface area contributed by atoms with E-state index >= 15 is 0 Å². The number of nitrogen functional groups attached to an aromatic ring is 2. The molecule has 0 atom stereocenters. The van der Waals surface area contributed by atoms with Crippen LogP contribution in [0.25, 0.3) is 32.9 Å². The number of anilines is 3. The summed E-state index contributed by atoms with van der Waals surface area (Å²) in [5.41, 5.74) is 16.0. The lowest BCUT2D eigenvalue weighted by Gasteiger charge is -2.10. The minimum Gasteiger partial charge on any atom is -0.475 e. The van der Waals surface area contributed by atoms with Crippen LogP contribution >= 0.6 is 0 Å². The van der Waals surface area contributed by atoms with Gasteiger partial charge in [-0.2, -0.15) is 18.2 Å². The Morgan fingerprint density at radius 3 is 2.44 bits per heavy atom. The number of alkyl halides is 3. The van der Waals surface area contributed by atoms with Crippen LogP contribution in [-0.2, 0) is 9.59 Å². The Balaban J connectivity index is 0.000000360. The summed E-state index contributed by atoms with van der Waals surface area (Å²) in [5.74, 6) is -2.38. The van der Waals surface area contributed by atoms with E-state index in [1.165, 1.54) is 6.92 Å². The number of aromatic nitrogens is 3. The number of carbonyl (C=O) groups is 2. The van der Waals surface area contributed by atoms with Gasteiger partial charge in [-0.1, -0.05) is 12.1 Å². The number of carboxylic acids is 1. The largest absolute Gasteiger partial charge is 0.490 e. The molecule has 2 heterocycles. The SMILES string of the molecule is CC(=O)Nc1cccc(-c2cc3nc(N)nc(N)c3c3cc[nH]c23)c1.O=C(O)C(F)(F)F. The van der Waals surface area contributed by atoms with Crippen molar-refractivity contribution in [2.75, 3.05) is 16.8 Å². The molecule has 1 amide bonds. The first-order chi connectivity index (χ1) is 15.0. The first-order valence-electron chi connectivity index (χ1n) is 8.98. The molecule has 9 nitrogen and oxygen atoms in total. The Kier molecular flexibility index (Phi) is 5.87. The number of hydrogen-bond donors (Lipinski definition) is 5. The smallest absolute Gasteiger partial charge is 0.475 e. The molecule has 12 heteroatoms. The summed E-state index contributed by atoms with van der Waals surface area (Å²) >= 11 is 0. The number of nitrogens with zero attached hydrogens (tertiary/aromatic N) is 2. The summed E-state index contributed by atoms with van der Waals surface area (Å²) in [5, 5.41) is 11.6. The molecule has 0 unspecified atom stereocenters. The summed E-state index contributed by atoms with van der Waals surface area (Å²) in [6.45, 7) is 1.48. The van der Waals surface area contributed by atoms with Gasteiger partial charge in [0.25, 0.3) is 0 Å². The van der Waals surface area contributed by atoms with Crippen LogP contribution in [0.15, 0.2) is 42.6 Å². The van der Waals surface area contributed by atoms with Gasteiger partial charge in [-0.25, -0.2) is 9.78 Å². The average Bonchev–Trinajstić information content (AvgIpc) is 3.15. The van der Waals surface area contributed by atoms with Crippen molar-refractivity contribution in [1.29, 1.82) is 0 Å². The highest BCUT2D eigenvalue weighted by atomic mass is 19.4. The summed E-state index contributed by atoms with van der Waals surface area (Å²) in [6, 6.07) is 11.5. The molecule has 0 aliphatic rings. The number of carboxylic acid groups (broad SMARTS) is 1. The Bertz CT molecular complexity index is 1330. The third-order valence-electron chi connectivity index (χ3n) is 4.29. The number of H-pyrrole nitrogens is 1. The number of nitrogens with two attached hydrogens (primary N) is 2. The van der Waals surface area contributed by atoms with E-state index in [1.807, 2.05) is 42.6 Å². The molecular formula is C20H17F3N6O3. The van der Waals surface area contributed by atoms with Crippen LogP contribution in [0.5, 0.6) is 0 Å². The predicted octanol–water partition coefficient (Wildman–Crippen LogP) is 3.53. The molecule has 0 aliphatic heterocycles. The summed E-state index contributed by atoms with van der Waals surface area (Å²) in [6.07, 6.45) is -3.24. The third kappa shape index (κ3) is 4.69. The third-order valence-corrected chi connectivity index (χ3v) is 4.29. The average molecular weight is 446 g/mol. The summed E-state index contributed by atoms with van der Waals surface area (Å²) in [7, 11) is 0. The van der Waals surface area contributed by atoms with Gasteiger partial charge in [0.15, 0.2) is 0 Å². The zero-order valence-electron chi connectivity index (χ0n) is 16.5. The quantitative estimate of drug-likeness (QED) is 0.315. The molecule has 32 heavy (non-hydrogen) atoms. The number of benzene rings is 2. The van der Waals surface area contributed by atoms with Crippen molar-refractivity contribution in [3.05, 3.63) is 42.6 Å².